The van der Waals surface area contributed by atoms with E-state index in [2.05, 4.69) is 36.6 Å². The molecule has 2 heteroatoms. The summed E-state index contributed by atoms with van der Waals surface area (Å²) in [4.78, 5) is 0. The summed E-state index contributed by atoms with van der Waals surface area (Å²) in [6.45, 7) is 0.688. The maximum absolute atomic E-state index is 5.49. The summed E-state index contributed by atoms with van der Waals surface area (Å²) in [5.41, 5.74) is 7.81. The highest BCUT2D eigenvalue weighted by Crippen LogP contribution is 2.04. The SMILES string of the molecule is NCCc1cccc(C#CCCS)c1. The molecule has 0 amide bonds. The number of rotatable bonds is 3. The first kappa shape index (κ1) is 11.2. The molecule has 1 aromatic rings. The molecular formula is C12H15NS. The smallest absolute Gasteiger partial charge is 0.0247 e. The van der Waals surface area contributed by atoms with Crippen LogP contribution in [0.25, 0.3) is 0 Å². The van der Waals surface area contributed by atoms with Crippen molar-refractivity contribution < 1.29 is 0 Å². The van der Waals surface area contributed by atoms with Crippen molar-refractivity contribution in [2.24, 2.45) is 5.73 Å². The second-order valence-electron chi connectivity index (χ2n) is 3.01. The fourth-order valence-electron chi connectivity index (χ4n) is 1.19. The van der Waals surface area contributed by atoms with Gasteiger partial charge in [-0.2, -0.15) is 12.6 Å². The Bertz CT molecular complexity index is 336. The van der Waals surface area contributed by atoms with Crippen LogP contribution in [0.1, 0.15) is 17.5 Å². The summed E-state index contributed by atoms with van der Waals surface area (Å²) in [6.07, 6.45) is 1.76. The molecule has 0 aliphatic heterocycles. The van der Waals surface area contributed by atoms with E-state index < -0.39 is 0 Å². The lowest BCUT2D eigenvalue weighted by Gasteiger charge is -1.98. The molecule has 0 spiro atoms. The molecule has 0 aliphatic rings. The number of hydrogen-bond donors (Lipinski definition) is 2. The van der Waals surface area contributed by atoms with Crippen LogP contribution < -0.4 is 5.73 Å². The molecule has 0 aliphatic carbocycles. The van der Waals surface area contributed by atoms with E-state index in [-0.39, 0.29) is 0 Å². The van der Waals surface area contributed by atoms with Crippen molar-refractivity contribution in [2.45, 2.75) is 12.8 Å². The minimum absolute atomic E-state index is 0.688. The molecule has 0 heterocycles. The molecule has 0 saturated heterocycles. The van der Waals surface area contributed by atoms with Crippen molar-refractivity contribution in [3.63, 3.8) is 0 Å². The van der Waals surface area contributed by atoms with Crippen molar-refractivity contribution in [1.29, 1.82) is 0 Å². The Morgan fingerprint density at radius 3 is 2.93 bits per heavy atom. The first-order chi connectivity index (χ1) is 6.86. The van der Waals surface area contributed by atoms with E-state index >= 15 is 0 Å². The molecule has 1 aromatic carbocycles. The van der Waals surface area contributed by atoms with Gasteiger partial charge < -0.3 is 5.73 Å². The number of hydrogen-bond acceptors (Lipinski definition) is 2. The van der Waals surface area contributed by atoms with Crippen LogP contribution in [-0.4, -0.2) is 12.3 Å². The zero-order valence-electron chi connectivity index (χ0n) is 8.16. The van der Waals surface area contributed by atoms with E-state index in [1.54, 1.807) is 0 Å². The Morgan fingerprint density at radius 2 is 2.21 bits per heavy atom. The lowest BCUT2D eigenvalue weighted by Crippen LogP contribution is -2.02. The van der Waals surface area contributed by atoms with Crippen LogP contribution in [-0.2, 0) is 6.42 Å². The minimum Gasteiger partial charge on any atom is -0.330 e. The van der Waals surface area contributed by atoms with E-state index in [9.17, 15) is 0 Å². The molecule has 0 unspecified atom stereocenters. The van der Waals surface area contributed by atoms with Gasteiger partial charge in [-0.15, -0.1) is 0 Å². The summed E-state index contributed by atoms with van der Waals surface area (Å²) in [7, 11) is 0. The maximum Gasteiger partial charge on any atom is 0.0247 e. The van der Waals surface area contributed by atoms with Gasteiger partial charge in [0, 0.05) is 17.7 Å². The summed E-state index contributed by atoms with van der Waals surface area (Å²) >= 11 is 4.10. The monoisotopic (exact) mass is 205 g/mol. The van der Waals surface area contributed by atoms with E-state index in [0.717, 1.165) is 24.2 Å². The predicted molar refractivity (Wildman–Crippen MR) is 64.5 cm³/mol. The van der Waals surface area contributed by atoms with Crippen LogP contribution in [0.2, 0.25) is 0 Å². The van der Waals surface area contributed by atoms with Gasteiger partial charge in [-0.25, -0.2) is 0 Å². The molecular weight excluding hydrogens is 190 g/mol. The van der Waals surface area contributed by atoms with Gasteiger partial charge in [-0.3, -0.25) is 0 Å². The summed E-state index contributed by atoms with van der Waals surface area (Å²) < 4.78 is 0. The normalized spacial score (nSPS) is 9.29. The van der Waals surface area contributed by atoms with Gasteiger partial charge >= 0.3 is 0 Å². The Kier molecular flexibility index (Phi) is 5.21. The number of benzene rings is 1. The fraction of sp³-hybridized carbons (Fsp3) is 0.333. The predicted octanol–water partition coefficient (Wildman–Crippen LogP) is 1.86. The van der Waals surface area contributed by atoms with Crippen molar-refractivity contribution >= 4 is 12.6 Å². The largest absolute Gasteiger partial charge is 0.330 e. The van der Waals surface area contributed by atoms with E-state index in [1.807, 2.05) is 12.1 Å². The van der Waals surface area contributed by atoms with Crippen LogP contribution in [0, 0.1) is 11.8 Å². The standard InChI is InChI=1S/C12H15NS/c13-8-7-12-6-3-5-11(10-12)4-1-2-9-14/h3,5-6,10,14H,2,7-9,13H2. The van der Waals surface area contributed by atoms with Gasteiger partial charge in [0.25, 0.3) is 0 Å². The van der Waals surface area contributed by atoms with E-state index in [0.29, 0.717) is 6.54 Å². The van der Waals surface area contributed by atoms with Crippen molar-refractivity contribution in [2.75, 3.05) is 12.3 Å². The van der Waals surface area contributed by atoms with Gasteiger partial charge in [0.1, 0.15) is 0 Å². The highest BCUT2D eigenvalue weighted by atomic mass is 32.1. The quantitative estimate of drug-likeness (QED) is 0.572. The van der Waals surface area contributed by atoms with Crippen LogP contribution in [0.15, 0.2) is 24.3 Å². The van der Waals surface area contributed by atoms with Crippen molar-refractivity contribution in [3.8, 4) is 11.8 Å². The first-order valence-corrected chi connectivity index (χ1v) is 5.39. The Labute approximate surface area is 91.1 Å². The van der Waals surface area contributed by atoms with Crippen LogP contribution >= 0.6 is 12.6 Å². The average Bonchev–Trinajstić information content (AvgIpc) is 2.19. The third-order valence-electron chi connectivity index (χ3n) is 1.83. The minimum atomic E-state index is 0.688. The van der Waals surface area contributed by atoms with Gasteiger partial charge in [0.15, 0.2) is 0 Å². The van der Waals surface area contributed by atoms with Gasteiger partial charge in [0.05, 0.1) is 0 Å². The first-order valence-electron chi connectivity index (χ1n) is 4.75. The molecule has 14 heavy (non-hydrogen) atoms. The molecule has 0 atom stereocenters. The second-order valence-corrected chi connectivity index (χ2v) is 3.46. The molecule has 0 saturated carbocycles. The van der Waals surface area contributed by atoms with Gasteiger partial charge in [-0.05, 0) is 30.7 Å². The van der Waals surface area contributed by atoms with Gasteiger partial charge in [0.2, 0.25) is 0 Å². The summed E-state index contributed by atoms with van der Waals surface area (Å²) in [5.74, 6) is 6.98. The zero-order valence-corrected chi connectivity index (χ0v) is 9.06. The summed E-state index contributed by atoms with van der Waals surface area (Å²) in [5, 5.41) is 0. The van der Waals surface area contributed by atoms with Crippen LogP contribution in [0.4, 0.5) is 0 Å². The number of thiol groups is 1. The van der Waals surface area contributed by atoms with Gasteiger partial charge in [-0.1, -0.05) is 24.0 Å². The molecule has 1 nitrogen and oxygen atoms in total. The van der Waals surface area contributed by atoms with E-state index in [1.165, 1.54) is 5.56 Å². The molecule has 0 aromatic heterocycles. The average molecular weight is 205 g/mol. The Hall–Kier alpha value is -0.910. The van der Waals surface area contributed by atoms with Crippen LogP contribution in [0.3, 0.4) is 0 Å². The Balaban J connectivity index is 2.69. The van der Waals surface area contributed by atoms with E-state index in [4.69, 9.17) is 5.73 Å². The molecule has 1 rings (SSSR count). The second kappa shape index (κ2) is 6.53. The molecule has 0 fully saturated rings. The number of nitrogens with two attached hydrogens (primary N) is 1. The lowest BCUT2D eigenvalue weighted by molar-refractivity contribution is 0.968. The van der Waals surface area contributed by atoms with Crippen molar-refractivity contribution in [3.05, 3.63) is 35.4 Å². The Morgan fingerprint density at radius 1 is 1.36 bits per heavy atom. The molecule has 74 valence electrons. The topological polar surface area (TPSA) is 26.0 Å². The lowest BCUT2D eigenvalue weighted by atomic mass is 10.1. The highest BCUT2D eigenvalue weighted by Gasteiger charge is 1.91. The third-order valence-corrected chi connectivity index (χ3v) is 2.05. The maximum atomic E-state index is 5.49. The molecule has 2 N–H and O–H groups in total. The third kappa shape index (κ3) is 3.87. The highest BCUT2D eigenvalue weighted by molar-refractivity contribution is 7.80. The van der Waals surface area contributed by atoms with Crippen LogP contribution in [0.5, 0.6) is 0 Å². The van der Waals surface area contributed by atoms with Crippen molar-refractivity contribution in [1.82, 2.24) is 0 Å². The summed E-state index contributed by atoms with van der Waals surface area (Å²) in [6, 6.07) is 8.22. The molecule has 0 bridgehead atoms. The zero-order chi connectivity index (χ0) is 10.2. The molecule has 0 radical (unpaired) electrons. The fourth-order valence-corrected chi connectivity index (χ4v) is 1.30.